The highest BCUT2D eigenvalue weighted by molar-refractivity contribution is 6.37. The van der Waals surface area contributed by atoms with E-state index in [0.717, 1.165) is 6.42 Å². The number of rotatable bonds is 1. The first kappa shape index (κ1) is 11.0. The van der Waals surface area contributed by atoms with Crippen LogP contribution in [0.1, 0.15) is 13.3 Å². The number of Topliss-reactive ketones (excluding diaryl/α,β-unsaturated/α-hetero) is 1. The van der Waals surface area contributed by atoms with E-state index in [1.807, 2.05) is 6.92 Å². The molecule has 1 heterocycles. The van der Waals surface area contributed by atoms with E-state index in [9.17, 15) is 4.79 Å². The molecule has 2 aliphatic carbocycles. The standard InChI is InChI=1S/C13H17NO3/c1-13(17-3)10-8-5-4-7(6-8)9(10)11(15)12(14-13)16-2/h4-5,7-10H,6H2,1-3H3. The highest BCUT2D eigenvalue weighted by Crippen LogP contribution is 2.55. The van der Waals surface area contributed by atoms with Gasteiger partial charge in [-0.3, -0.25) is 4.79 Å². The summed E-state index contributed by atoms with van der Waals surface area (Å²) in [5, 5.41) is 0. The lowest BCUT2D eigenvalue weighted by atomic mass is 9.73. The molecule has 0 N–H and O–H groups in total. The van der Waals surface area contributed by atoms with Gasteiger partial charge in [-0.2, -0.15) is 0 Å². The van der Waals surface area contributed by atoms with Gasteiger partial charge in [0.05, 0.1) is 7.11 Å². The number of nitrogens with zero attached hydrogens (tertiary/aromatic N) is 1. The van der Waals surface area contributed by atoms with E-state index in [1.54, 1.807) is 7.11 Å². The van der Waals surface area contributed by atoms with Crippen molar-refractivity contribution in [1.29, 1.82) is 0 Å². The number of carbonyl (C=O) groups is 1. The third kappa shape index (κ3) is 1.27. The number of hydrogen-bond donors (Lipinski definition) is 0. The monoisotopic (exact) mass is 235 g/mol. The van der Waals surface area contributed by atoms with Crippen LogP contribution in [0.15, 0.2) is 17.1 Å². The second-order valence-corrected chi connectivity index (χ2v) is 5.24. The first-order valence-electron chi connectivity index (χ1n) is 6.02. The van der Waals surface area contributed by atoms with Crippen molar-refractivity contribution in [3.8, 4) is 0 Å². The highest BCUT2D eigenvalue weighted by atomic mass is 16.5. The molecule has 4 heteroatoms. The number of aliphatic imine (C=N–C) groups is 1. The lowest BCUT2D eigenvalue weighted by Crippen LogP contribution is -2.51. The van der Waals surface area contributed by atoms with Crippen LogP contribution in [-0.4, -0.2) is 31.6 Å². The van der Waals surface area contributed by atoms with Gasteiger partial charge in [-0.15, -0.1) is 0 Å². The van der Waals surface area contributed by atoms with Crippen molar-refractivity contribution in [2.24, 2.45) is 28.7 Å². The van der Waals surface area contributed by atoms with Crippen LogP contribution in [-0.2, 0) is 14.3 Å². The first-order chi connectivity index (χ1) is 8.10. The SMILES string of the molecule is COC1=NC(C)(OC)C2C3C=CC(C3)C2C1=O. The molecule has 0 amide bonds. The minimum atomic E-state index is -0.631. The molecule has 0 saturated heterocycles. The van der Waals surface area contributed by atoms with Crippen LogP contribution >= 0.6 is 0 Å². The number of methoxy groups -OCH3 is 2. The maximum atomic E-state index is 12.3. The Hall–Kier alpha value is -1.16. The zero-order valence-corrected chi connectivity index (χ0v) is 10.3. The van der Waals surface area contributed by atoms with Crippen LogP contribution in [0, 0.1) is 23.7 Å². The minimum Gasteiger partial charge on any atom is -0.479 e. The Morgan fingerprint density at radius 2 is 2.06 bits per heavy atom. The van der Waals surface area contributed by atoms with E-state index in [0.29, 0.717) is 11.8 Å². The van der Waals surface area contributed by atoms with Crippen LogP contribution < -0.4 is 0 Å². The maximum absolute atomic E-state index is 12.3. The van der Waals surface area contributed by atoms with Crippen LogP contribution in [0.5, 0.6) is 0 Å². The number of carbonyl (C=O) groups excluding carboxylic acids is 1. The molecule has 1 aliphatic heterocycles. The van der Waals surface area contributed by atoms with Crippen LogP contribution in [0.3, 0.4) is 0 Å². The molecule has 2 bridgehead atoms. The van der Waals surface area contributed by atoms with E-state index >= 15 is 0 Å². The predicted molar refractivity (Wildman–Crippen MR) is 62.6 cm³/mol. The highest BCUT2D eigenvalue weighted by Gasteiger charge is 2.59. The molecule has 3 aliphatic rings. The number of hydrogen-bond acceptors (Lipinski definition) is 4. The van der Waals surface area contributed by atoms with Gasteiger partial charge >= 0.3 is 0 Å². The molecule has 5 unspecified atom stereocenters. The van der Waals surface area contributed by atoms with E-state index in [2.05, 4.69) is 17.1 Å². The zero-order chi connectivity index (χ0) is 12.2. The van der Waals surface area contributed by atoms with E-state index in [4.69, 9.17) is 9.47 Å². The van der Waals surface area contributed by atoms with Crippen molar-refractivity contribution in [1.82, 2.24) is 0 Å². The summed E-state index contributed by atoms with van der Waals surface area (Å²) in [5.41, 5.74) is -0.631. The Morgan fingerprint density at radius 3 is 2.71 bits per heavy atom. The molecule has 0 spiro atoms. The Balaban J connectivity index is 2.09. The van der Waals surface area contributed by atoms with Crippen LogP contribution in [0.25, 0.3) is 0 Å². The molecule has 17 heavy (non-hydrogen) atoms. The van der Waals surface area contributed by atoms with Gasteiger partial charge < -0.3 is 9.47 Å². The summed E-state index contributed by atoms with van der Waals surface area (Å²) in [6.45, 7) is 1.95. The van der Waals surface area contributed by atoms with Gasteiger partial charge in [0.1, 0.15) is 0 Å². The third-order valence-corrected chi connectivity index (χ3v) is 4.52. The summed E-state index contributed by atoms with van der Waals surface area (Å²) >= 11 is 0. The van der Waals surface area contributed by atoms with Gasteiger partial charge in [0, 0.05) is 18.9 Å². The molecule has 0 radical (unpaired) electrons. The quantitative estimate of drug-likeness (QED) is 0.646. The molecule has 0 aromatic rings. The molecule has 1 saturated carbocycles. The van der Waals surface area contributed by atoms with Crippen molar-refractivity contribution < 1.29 is 14.3 Å². The van der Waals surface area contributed by atoms with Gasteiger partial charge in [-0.25, -0.2) is 4.99 Å². The van der Waals surface area contributed by atoms with Crippen LogP contribution in [0.2, 0.25) is 0 Å². The number of allylic oxidation sites excluding steroid dienone is 2. The molecule has 92 valence electrons. The fourth-order valence-corrected chi connectivity index (χ4v) is 3.71. The normalized spacial score (nSPS) is 47.0. The van der Waals surface area contributed by atoms with Gasteiger partial charge in [0.25, 0.3) is 5.90 Å². The Morgan fingerprint density at radius 1 is 1.35 bits per heavy atom. The van der Waals surface area contributed by atoms with Crippen molar-refractivity contribution in [2.45, 2.75) is 19.1 Å². The van der Waals surface area contributed by atoms with E-state index in [-0.39, 0.29) is 23.5 Å². The molecular formula is C13H17NO3. The lowest BCUT2D eigenvalue weighted by Gasteiger charge is -2.41. The van der Waals surface area contributed by atoms with Crippen molar-refractivity contribution >= 4 is 11.7 Å². The Bertz CT molecular complexity index is 428. The summed E-state index contributed by atoms with van der Waals surface area (Å²) in [6.07, 6.45) is 5.43. The smallest absolute Gasteiger partial charge is 0.256 e. The molecular weight excluding hydrogens is 218 g/mol. The predicted octanol–water partition coefficient (Wildman–Crippen LogP) is 1.41. The lowest BCUT2D eigenvalue weighted by molar-refractivity contribution is -0.130. The van der Waals surface area contributed by atoms with Gasteiger partial charge in [-0.1, -0.05) is 12.2 Å². The van der Waals surface area contributed by atoms with Crippen molar-refractivity contribution in [3.05, 3.63) is 12.2 Å². The Labute approximate surface area is 101 Å². The van der Waals surface area contributed by atoms with Gasteiger partial charge in [-0.05, 0) is 25.2 Å². The summed E-state index contributed by atoms with van der Waals surface area (Å²) in [5.74, 6) is 1.17. The number of ketones is 1. The fraction of sp³-hybridized carbons (Fsp3) is 0.692. The molecule has 4 nitrogen and oxygen atoms in total. The zero-order valence-electron chi connectivity index (χ0n) is 10.3. The summed E-state index contributed by atoms with van der Waals surface area (Å²) in [4.78, 5) is 16.7. The van der Waals surface area contributed by atoms with E-state index < -0.39 is 5.72 Å². The molecule has 0 aromatic carbocycles. The summed E-state index contributed by atoms with van der Waals surface area (Å²) in [6, 6.07) is 0. The fourth-order valence-electron chi connectivity index (χ4n) is 3.71. The summed E-state index contributed by atoms with van der Waals surface area (Å²) < 4.78 is 10.7. The third-order valence-electron chi connectivity index (χ3n) is 4.52. The molecule has 1 fully saturated rings. The second-order valence-electron chi connectivity index (χ2n) is 5.24. The number of fused-ring (bicyclic) bond motifs is 5. The van der Waals surface area contributed by atoms with Gasteiger partial charge in [0.2, 0.25) is 5.78 Å². The topological polar surface area (TPSA) is 47.9 Å². The first-order valence-corrected chi connectivity index (χ1v) is 6.02. The molecule has 3 rings (SSSR count). The van der Waals surface area contributed by atoms with Crippen molar-refractivity contribution in [3.63, 3.8) is 0 Å². The number of ether oxygens (including phenoxy) is 2. The van der Waals surface area contributed by atoms with Crippen LogP contribution in [0.4, 0.5) is 0 Å². The van der Waals surface area contributed by atoms with Gasteiger partial charge in [0.15, 0.2) is 5.72 Å². The maximum Gasteiger partial charge on any atom is 0.256 e. The Kier molecular flexibility index (Phi) is 2.20. The largest absolute Gasteiger partial charge is 0.479 e. The second kappa shape index (κ2) is 3.42. The average Bonchev–Trinajstić information content (AvgIpc) is 2.94. The van der Waals surface area contributed by atoms with E-state index in [1.165, 1.54) is 7.11 Å². The minimum absolute atomic E-state index is 0.0117. The van der Waals surface area contributed by atoms with Crippen molar-refractivity contribution in [2.75, 3.05) is 14.2 Å². The molecule has 0 aromatic heterocycles. The molecule has 5 atom stereocenters. The average molecular weight is 235 g/mol. The summed E-state index contributed by atoms with van der Waals surface area (Å²) in [7, 11) is 3.15.